The molecule has 3 nitrogen and oxygen atoms in total. The molecule has 0 spiro atoms. The maximum Gasteiger partial charge on any atom is 5.00 e. The van der Waals surface area contributed by atoms with Gasteiger partial charge in [-0.15, -0.1) is 0 Å². The van der Waals surface area contributed by atoms with Crippen LogP contribution in [0.3, 0.4) is 0 Å². The van der Waals surface area contributed by atoms with Gasteiger partial charge in [0.1, 0.15) is 0 Å². The van der Waals surface area contributed by atoms with E-state index in [4.69, 9.17) is 0 Å². The van der Waals surface area contributed by atoms with Crippen LogP contribution in [0.5, 0.6) is 0 Å². The van der Waals surface area contributed by atoms with Gasteiger partial charge >= 0.3 is 117 Å². The first kappa shape index (κ1) is 53.9. The molecule has 0 saturated heterocycles. The molecule has 0 aliphatic heterocycles. The van der Waals surface area contributed by atoms with Crippen LogP contribution in [0.4, 0.5) is 0 Å². The van der Waals surface area contributed by atoms with Crippen molar-refractivity contribution in [1.29, 1.82) is 0 Å². The molecule has 0 saturated carbocycles. The Morgan fingerprint density at radius 2 is 0.667 bits per heavy atom. The first-order valence-electron chi connectivity index (χ1n) is 0. The SMILES string of the molecule is [Ba+2].[N-3].[N-3].[N-3].[Sr+2].[Ta+5]. The summed E-state index contributed by atoms with van der Waals surface area (Å²) in [6.45, 7) is 0. The zero-order valence-corrected chi connectivity index (χ0v) is 14.3. The summed E-state index contributed by atoms with van der Waals surface area (Å²) < 4.78 is 0. The van der Waals surface area contributed by atoms with Crippen LogP contribution in [0.15, 0.2) is 0 Å². The van der Waals surface area contributed by atoms with Crippen LogP contribution in [0.2, 0.25) is 0 Å². The molecule has 0 aliphatic carbocycles. The molecule has 0 fully saturated rings. The second-order valence-electron chi connectivity index (χ2n) is 0. The molecule has 0 bridgehead atoms. The first-order valence-corrected chi connectivity index (χ1v) is 0. The van der Waals surface area contributed by atoms with Gasteiger partial charge in [-0.3, -0.25) is 0 Å². The summed E-state index contributed by atoms with van der Waals surface area (Å²) in [6.07, 6.45) is 0. The molecule has 0 radical (unpaired) electrons. The van der Waals surface area contributed by atoms with E-state index in [0.29, 0.717) is 0 Å². The zero-order chi connectivity index (χ0) is 0. The zero-order valence-electron chi connectivity index (χ0n) is 3.20. The molecule has 0 aromatic rings. The Bertz CT molecular complexity index is 10.8. The van der Waals surface area contributed by atoms with Crippen molar-refractivity contribution in [3.05, 3.63) is 18.5 Å². The van der Waals surface area contributed by atoms with Crippen molar-refractivity contribution in [2.24, 2.45) is 0 Å². The second kappa shape index (κ2) is 37.9. The number of nitrogens with zero attached hydrogens (tertiary/aromatic N) is 3. The Labute approximate surface area is 131 Å². The van der Waals surface area contributed by atoms with Gasteiger partial charge in [-0.25, -0.2) is 0 Å². The van der Waals surface area contributed by atoms with Gasteiger partial charge in [0.15, 0.2) is 0 Å². The summed E-state index contributed by atoms with van der Waals surface area (Å²) >= 11 is 0. The Morgan fingerprint density at radius 3 is 0.667 bits per heavy atom. The van der Waals surface area contributed by atoms with Crippen molar-refractivity contribution < 1.29 is 22.4 Å². The van der Waals surface area contributed by atoms with Gasteiger partial charge in [0.2, 0.25) is 0 Å². The average molecular weight is 448 g/mol. The van der Waals surface area contributed by atoms with Crippen LogP contribution in [0.1, 0.15) is 0 Å². The fourth-order valence-corrected chi connectivity index (χ4v) is 0. The minimum absolute atomic E-state index is 0. The van der Waals surface area contributed by atoms with Crippen molar-refractivity contribution >= 4 is 94.4 Å². The maximum atomic E-state index is 0. The van der Waals surface area contributed by atoms with Crippen molar-refractivity contribution in [1.82, 2.24) is 0 Å². The van der Waals surface area contributed by atoms with Crippen molar-refractivity contribution in [2.75, 3.05) is 0 Å². The van der Waals surface area contributed by atoms with E-state index in [-0.39, 0.29) is 135 Å². The molecular formula is BaN3SrTa. The van der Waals surface area contributed by atoms with Gasteiger partial charge in [-0.1, -0.05) is 0 Å². The summed E-state index contributed by atoms with van der Waals surface area (Å²) in [6, 6.07) is 0. The molecule has 0 unspecified atom stereocenters. The fraction of sp³-hybridized carbons (Fsp3) is 0. The fourth-order valence-electron chi connectivity index (χ4n) is 0. The monoisotopic (exact) mass is 449 g/mol. The summed E-state index contributed by atoms with van der Waals surface area (Å²) in [5, 5.41) is 0. The molecule has 24 valence electrons. The van der Waals surface area contributed by atoms with E-state index in [1.54, 1.807) is 0 Å². The Balaban J connectivity index is 0. The molecule has 0 heterocycles. The van der Waals surface area contributed by atoms with E-state index in [2.05, 4.69) is 0 Å². The molecule has 0 atom stereocenters. The summed E-state index contributed by atoms with van der Waals surface area (Å²) in [4.78, 5) is 0. The molecular weight excluding hydrogens is 448 g/mol. The quantitative estimate of drug-likeness (QED) is 0.471. The van der Waals surface area contributed by atoms with E-state index < -0.39 is 0 Å². The van der Waals surface area contributed by atoms with E-state index in [9.17, 15) is 0 Å². The predicted molar refractivity (Wildman–Crippen MR) is 21.6 cm³/mol. The van der Waals surface area contributed by atoms with Gasteiger partial charge in [-0.2, -0.15) is 0 Å². The van der Waals surface area contributed by atoms with Crippen molar-refractivity contribution in [3.63, 3.8) is 0 Å². The topological polar surface area (TPSA) is 91.5 Å². The third-order valence-electron chi connectivity index (χ3n) is 0. The van der Waals surface area contributed by atoms with Crippen LogP contribution in [-0.2, 0) is 22.4 Å². The number of hydrogen-bond donors (Lipinski definition) is 0. The van der Waals surface area contributed by atoms with E-state index in [1.165, 1.54) is 0 Å². The van der Waals surface area contributed by atoms with E-state index in [0.717, 1.165) is 0 Å². The van der Waals surface area contributed by atoms with Crippen LogP contribution in [0, 0.1) is 0 Å². The molecule has 0 aromatic heterocycles. The summed E-state index contributed by atoms with van der Waals surface area (Å²) in [5.74, 6) is 0. The minimum atomic E-state index is 0. The Hall–Kier alpha value is 3.67. The van der Waals surface area contributed by atoms with Crippen LogP contribution in [-0.4, -0.2) is 94.4 Å². The van der Waals surface area contributed by atoms with Crippen molar-refractivity contribution in [2.45, 2.75) is 0 Å². The largest absolute Gasteiger partial charge is 5.00 e. The van der Waals surface area contributed by atoms with Crippen LogP contribution < -0.4 is 0 Å². The first-order chi connectivity index (χ1) is 0. The Kier molecular flexibility index (Phi) is 340. The van der Waals surface area contributed by atoms with Gasteiger partial charge in [0.25, 0.3) is 0 Å². The predicted octanol–water partition coefficient (Wildman–Crippen LogP) is 0.102. The van der Waals surface area contributed by atoms with E-state index in [1.807, 2.05) is 0 Å². The maximum absolute atomic E-state index is 0. The summed E-state index contributed by atoms with van der Waals surface area (Å²) in [7, 11) is 0. The standard InChI is InChI=1S/Ba.3N.Sr.Ta/q+2;3*-3;+2;+5. The molecule has 6 heteroatoms. The second-order valence-corrected chi connectivity index (χ2v) is 0. The molecule has 6 heavy (non-hydrogen) atoms. The molecule has 0 aromatic carbocycles. The van der Waals surface area contributed by atoms with Crippen molar-refractivity contribution in [3.8, 4) is 0 Å². The van der Waals surface area contributed by atoms with Crippen LogP contribution >= 0.6 is 0 Å². The average Bonchev–Trinajstić information content (AvgIpc) is 0. The molecule has 0 N–H and O–H groups in total. The molecule has 0 amide bonds. The van der Waals surface area contributed by atoms with Crippen LogP contribution in [0.25, 0.3) is 18.5 Å². The Morgan fingerprint density at radius 1 is 0.667 bits per heavy atom. The number of rotatable bonds is 0. The van der Waals surface area contributed by atoms with Gasteiger partial charge in [0.05, 0.1) is 0 Å². The summed E-state index contributed by atoms with van der Waals surface area (Å²) in [5.41, 5.74) is 0. The number of hydrogen-bond acceptors (Lipinski definition) is 0. The molecule has 0 rings (SSSR count). The van der Waals surface area contributed by atoms with E-state index >= 15 is 0 Å². The molecule has 0 aliphatic rings. The third-order valence-corrected chi connectivity index (χ3v) is 0. The normalized spacial score (nSPS) is 0. The van der Waals surface area contributed by atoms with Gasteiger partial charge in [-0.05, 0) is 0 Å². The van der Waals surface area contributed by atoms with Gasteiger partial charge < -0.3 is 18.5 Å². The third kappa shape index (κ3) is 25.3. The smallest absolute Gasteiger partial charge is 3.00 e. The van der Waals surface area contributed by atoms with Gasteiger partial charge in [0, 0.05) is 0 Å². The minimum Gasteiger partial charge on any atom is -3.00 e.